The highest BCUT2D eigenvalue weighted by atomic mass is 32.2. The minimum Gasteiger partial charge on any atom is -0.480 e. The summed E-state index contributed by atoms with van der Waals surface area (Å²) in [6, 6.07) is 0. The lowest BCUT2D eigenvalue weighted by Crippen LogP contribution is -2.23. The monoisotopic (exact) mass is 204 g/mol. The van der Waals surface area contributed by atoms with Crippen LogP contribution in [-0.4, -0.2) is 39.0 Å². The second-order valence-corrected chi connectivity index (χ2v) is 4.45. The molecule has 74 valence electrons. The number of carboxylic acids is 1. The molecule has 0 spiro atoms. The van der Waals surface area contributed by atoms with Crippen LogP contribution in [0, 0.1) is 0 Å². The smallest absolute Gasteiger partial charge is 0.324 e. The molecule has 0 bridgehead atoms. The van der Waals surface area contributed by atoms with Gasteiger partial charge in [0.1, 0.15) is 6.54 Å². The summed E-state index contributed by atoms with van der Waals surface area (Å²) in [5, 5.41) is 12.2. The maximum atomic E-state index is 10.9. The Labute approximate surface area is 78.7 Å². The summed E-state index contributed by atoms with van der Waals surface area (Å²) >= 11 is 0. The zero-order valence-electron chi connectivity index (χ0n) is 7.15. The quantitative estimate of drug-likeness (QED) is 0.611. The molecule has 0 atom stereocenters. The molecule has 5 nitrogen and oxygen atoms in total. The number of hydrazone groups is 1. The van der Waals surface area contributed by atoms with Gasteiger partial charge in [-0.3, -0.25) is 14.4 Å². The van der Waals surface area contributed by atoms with E-state index in [4.69, 9.17) is 5.11 Å². The van der Waals surface area contributed by atoms with Crippen molar-refractivity contribution in [3.8, 4) is 0 Å². The first-order chi connectivity index (χ1) is 6.18. The first-order valence-corrected chi connectivity index (χ1v) is 5.52. The van der Waals surface area contributed by atoms with E-state index >= 15 is 0 Å². The molecule has 0 unspecified atom stereocenters. The second kappa shape index (κ2) is 4.96. The van der Waals surface area contributed by atoms with Crippen molar-refractivity contribution in [1.82, 2.24) is 5.43 Å². The lowest BCUT2D eigenvalue weighted by atomic mass is 10.2. The minimum atomic E-state index is -0.927. The van der Waals surface area contributed by atoms with E-state index in [1.54, 1.807) is 0 Å². The summed E-state index contributed by atoms with van der Waals surface area (Å²) < 4.78 is 10.9. The molecule has 0 aliphatic carbocycles. The first kappa shape index (κ1) is 10.2. The predicted molar refractivity (Wildman–Crippen MR) is 50.2 cm³/mol. The summed E-state index contributed by atoms with van der Waals surface area (Å²) in [6.45, 7) is -0.160. The third-order valence-electron chi connectivity index (χ3n) is 1.70. The molecule has 0 amide bonds. The summed E-state index contributed by atoms with van der Waals surface area (Å²) in [5.74, 6) is 0.366. The molecule has 1 heterocycles. The number of nitrogens with zero attached hydrogens (tertiary/aromatic N) is 1. The van der Waals surface area contributed by atoms with Gasteiger partial charge in [-0.15, -0.1) is 0 Å². The van der Waals surface area contributed by atoms with Crippen LogP contribution in [-0.2, 0) is 15.6 Å². The molecule has 0 aromatic heterocycles. The van der Waals surface area contributed by atoms with Gasteiger partial charge in [-0.05, 0) is 12.8 Å². The molecule has 6 heteroatoms. The summed E-state index contributed by atoms with van der Waals surface area (Å²) in [7, 11) is -0.700. The summed E-state index contributed by atoms with van der Waals surface area (Å²) in [6.07, 6.45) is 1.42. The van der Waals surface area contributed by atoms with Crippen LogP contribution in [0.5, 0.6) is 0 Å². The van der Waals surface area contributed by atoms with Crippen molar-refractivity contribution in [2.24, 2.45) is 5.10 Å². The Morgan fingerprint density at radius 1 is 1.54 bits per heavy atom. The first-order valence-electron chi connectivity index (χ1n) is 4.03. The van der Waals surface area contributed by atoms with Gasteiger partial charge in [-0.1, -0.05) is 0 Å². The highest BCUT2D eigenvalue weighted by Gasteiger charge is 2.12. The fourth-order valence-corrected chi connectivity index (χ4v) is 2.15. The molecule has 13 heavy (non-hydrogen) atoms. The zero-order chi connectivity index (χ0) is 9.68. The maximum absolute atomic E-state index is 10.9. The van der Waals surface area contributed by atoms with Crippen LogP contribution in [0.4, 0.5) is 0 Å². The van der Waals surface area contributed by atoms with Gasteiger partial charge < -0.3 is 5.11 Å². The Bertz CT molecular complexity index is 240. The maximum Gasteiger partial charge on any atom is 0.324 e. The standard InChI is InChI=1S/C7H12N2O3S/c10-7(11)5-8-9-6-1-3-13(12)4-2-6/h8H,1-5H2,(H,10,11). The van der Waals surface area contributed by atoms with Crippen molar-refractivity contribution in [2.75, 3.05) is 18.1 Å². The van der Waals surface area contributed by atoms with E-state index in [2.05, 4.69) is 10.5 Å². The molecular weight excluding hydrogens is 192 g/mol. The van der Waals surface area contributed by atoms with Crippen LogP contribution in [0.2, 0.25) is 0 Å². The fourth-order valence-electron chi connectivity index (χ4n) is 1.02. The molecule has 1 rings (SSSR count). The SMILES string of the molecule is O=C(O)CNN=C1CCS(=O)CC1. The van der Waals surface area contributed by atoms with Crippen molar-refractivity contribution in [3.63, 3.8) is 0 Å². The van der Waals surface area contributed by atoms with Crippen LogP contribution in [0.25, 0.3) is 0 Å². The second-order valence-electron chi connectivity index (χ2n) is 2.75. The van der Waals surface area contributed by atoms with Crippen LogP contribution >= 0.6 is 0 Å². The van der Waals surface area contributed by atoms with Crippen LogP contribution < -0.4 is 5.43 Å². The molecule has 1 aliphatic heterocycles. The van der Waals surface area contributed by atoms with Gasteiger partial charge in [0, 0.05) is 28.0 Å². The van der Waals surface area contributed by atoms with Gasteiger partial charge in [0.15, 0.2) is 0 Å². The normalized spacial score (nSPS) is 22.5. The van der Waals surface area contributed by atoms with Crippen molar-refractivity contribution >= 4 is 22.5 Å². The van der Waals surface area contributed by atoms with E-state index in [1.165, 1.54) is 0 Å². The van der Waals surface area contributed by atoms with E-state index in [9.17, 15) is 9.00 Å². The highest BCUT2D eigenvalue weighted by Crippen LogP contribution is 2.04. The average molecular weight is 204 g/mol. The van der Waals surface area contributed by atoms with Crippen LogP contribution in [0.3, 0.4) is 0 Å². The lowest BCUT2D eigenvalue weighted by Gasteiger charge is -2.11. The number of carboxylic acid groups (broad SMARTS) is 1. The van der Waals surface area contributed by atoms with E-state index in [0.717, 1.165) is 5.71 Å². The average Bonchev–Trinajstić information content (AvgIpc) is 2.08. The molecule has 0 radical (unpaired) electrons. The van der Waals surface area contributed by atoms with E-state index in [1.807, 2.05) is 0 Å². The third-order valence-corrected chi connectivity index (χ3v) is 3.02. The predicted octanol–water partition coefficient (Wildman–Crippen LogP) is -0.441. The van der Waals surface area contributed by atoms with Gasteiger partial charge in [0.05, 0.1) is 0 Å². The zero-order valence-corrected chi connectivity index (χ0v) is 7.97. The third kappa shape index (κ3) is 4.02. The topological polar surface area (TPSA) is 78.8 Å². The summed E-state index contributed by atoms with van der Waals surface area (Å²) in [4.78, 5) is 10.1. The molecule has 2 N–H and O–H groups in total. The van der Waals surface area contributed by atoms with E-state index in [-0.39, 0.29) is 6.54 Å². The molecule has 1 aliphatic rings. The van der Waals surface area contributed by atoms with Gasteiger partial charge in [-0.25, -0.2) is 0 Å². The molecule has 1 fully saturated rings. The lowest BCUT2D eigenvalue weighted by molar-refractivity contribution is -0.135. The van der Waals surface area contributed by atoms with Gasteiger partial charge >= 0.3 is 5.97 Å². The fraction of sp³-hybridized carbons (Fsp3) is 0.714. The number of carbonyl (C=O) groups is 1. The highest BCUT2D eigenvalue weighted by molar-refractivity contribution is 7.85. The Balaban J connectivity index is 2.27. The van der Waals surface area contributed by atoms with Gasteiger partial charge in [0.25, 0.3) is 0 Å². The van der Waals surface area contributed by atoms with E-state index < -0.39 is 16.8 Å². The number of hydrogen-bond donors (Lipinski definition) is 2. The molecule has 0 aromatic carbocycles. The van der Waals surface area contributed by atoms with Crippen LogP contribution in [0.1, 0.15) is 12.8 Å². The summed E-state index contributed by atoms with van der Waals surface area (Å²) in [5.41, 5.74) is 3.38. The molecule has 0 saturated carbocycles. The van der Waals surface area contributed by atoms with E-state index in [0.29, 0.717) is 24.3 Å². The van der Waals surface area contributed by atoms with Crippen molar-refractivity contribution in [2.45, 2.75) is 12.8 Å². The Kier molecular flexibility index (Phi) is 3.88. The van der Waals surface area contributed by atoms with Crippen molar-refractivity contribution < 1.29 is 14.1 Å². The number of aliphatic carboxylic acids is 1. The molecule has 1 saturated heterocycles. The Morgan fingerprint density at radius 3 is 2.69 bits per heavy atom. The van der Waals surface area contributed by atoms with Crippen LogP contribution in [0.15, 0.2) is 5.10 Å². The van der Waals surface area contributed by atoms with Crippen molar-refractivity contribution in [3.05, 3.63) is 0 Å². The van der Waals surface area contributed by atoms with Gasteiger partial charge in [0.2, 0.25) is 0 Å². The number of nitrogens with one attached hydrogen (secondary N) is 1. The van der Waals surface area contributed by atoms with Crippen molar-refractivity contribution in [1.29, 1.82) is 0 Å². The number of rotatable bonds is 3. The number of hydrogen-bond acceptors (Lipinski definition) is 4. The molecular formula is C7H12N2O3S. The molecule has 0 aromatic rings. The van der Waals surface area contributed by atoms with Gasteiger partial charge in [-0.2, -0.15) is 5.10 Å². The largest absolute Gasteiger partial charge is 0.480 e. The Hall–Kier alpha value is -0.910. The minimum absolute atomic E-state index is 0.160. The Morgan fingerprint density at radius 2 is 2.15 bits per heavy atom.